The molecule has 1 aromatic heterocycles. The summed E-state index contributed by atoms with van der Waals surface area (Å²) in [5, 5.41) is 2.91. The van der Waals surface area contributed by atoms with Gasteiger partial charge in [0.2, 0.25) is 0 Å². The second-order valence-electron chi connectivity index (χ2n) is 5.50. The molecule has 0 aliphatic rings. The predicted octanol–water partition coefficient (Wildman–Crippen LogP) is 3.07. The van der Waals surface area contributed by atoms with E-state index in [1.54, 1.807) is 13.3 Å². The Morgan fingerprint density at radius 3 is 2.67 bits per heavy atom. The maximum absolute atomic E-state index is 12.2. The van der Waals surface area contributed by atoms with Crippen LogP contribution in [0.4, 0.5) is 0 Å². The molecule has 0 bridgehead atoms. The number of hydrogen-bond acceptors (Lipinski definition) is 5. The van der Waals surface area contributed by atoms with Gasteiger partial charge in [0.05, 0.1) is 31.6 Å². The van der Waals surface area contributed by atoms with Gasteiger partial charge >= 0.3 is 0 Å². The number of carbonyl (C=O) groups excluding carboxylic acids is 1. The highest BCUT2D eigenvalue weighted by molar-refractivity contribution is 5.92. The van der Waals surface area contributed by atoms with Crippen molar-refractivity contribution in [1.29, 1.82) is 0 Å². The molecule has 24 heavy (non-hydrogen) atoms. The number of benzene rings is 1. The molecule has 1 N–H and O–H groups in total. The van der Waals surface area contributed by atoms with Crippen molar-refractivity contribution >= 4 is 5.91 Å². The maximum Gasteiger partial charge on any atom is 0.271 e. The Morgan fingerprint density at radius 1 is 1.25 bits per heavy atom. The van der Waals surface area contributed by atoms with Gasteiger partial charge in [-0.15, -0.1) is 0 Å². The van der Waals surface area contributed by atoms with E-state index in [1.165, 1.54) is 6.20 Å². The summed E-state index contributed by atoms with van der Waals surface area (Å²) in [6, 6.07) is 5.45. The number of ether oxygens (including phenoxy) is 2. The molecule has 1 amide bonds. The van der Waals surface area contributed by atoms with E-state index in [-0.39, 0.29) is 11.9 Å². The topological polar surface area (TPSA) is 73.3 Å². The standard InChI is InChI=1S/C18H23N3O3/c1-5-8-24-16-7-6-14(9-17(16)23-4)13(3)21-18(22)15-11-19-12(2)10-20-15/h6-7,9-11,13H,5,8H2,1-4H3,(H,21,22)/t13-/m0/s1. The summed E-state index contributed by atoms with van der Waals surface area (Å²) in [6.45, 7) is 6.41. The number of nitrogens with one attached hydrogen (secondary N) is 1. The number of amides is 1. The zero-order valence-electron chi connectivity index (χ0n) is 14.5. The average molecular weight is 329 g/mol. The van der Waals surface area contributed by atoms with Crippen LogP contribution in [0.25, 0.3) is 0 Å². The first kappa shape index (κ1) is 17.7. The van der Waals surface area contributed by atoms with Crippen molar-refractivity contribution in [3.8, 4) is 11.5 Å². The molecule has 6 heteroatoms. The molecule has 6 nitrogen and oxygen atoms in total. The smallest absolute Gasteiger partial charge is 0.271 e. The Labute approximate surface area is 142 Å². The second kappa shape index (κ2) is 8.29. The SMILES string of the molecule is CCCOc1ccc([C@H](C)NC(=O)c2cnc(C)cn2)cc1OC. The molecule has 0 saturated heterocycles. The average Bonchev–Trinajstić information content (AvgIpc) is 2.60. The lowest BCUT2D eigenvalue weighted by Crippen LogP contribution is -2.27. The lowest BCUT2D eigenvalue weighted by molar-refractivity contribution is 0.0934. The lowest BCUT2D eigenvalue weighted by Gasteiger charge is -2.17. The van der Waals surface area contributed by atoms with Crippen LogP contribution in [0.2, 0.25) is 0 Å². The summed E-state index contributed by atoms with van der Waals surface area (Å²) in [5.74, 6) is 1.09. The third kappa shape index (κ3) is 4.44. The van der Waals surface area contributed by atoms with Crippen LogP contribution in [0, 0.1) is 6.92 Å². The van der Waals surface area contributed by atoms with E-state index in [0.29, 0.717) is 23.8 Å². The zero-order valence-corrected chi connectivity index (χ0v) is 14.5. The molecule has 1 atom stereocenters. The van der Waals surface area contributed by atoms with E-state index in [2.05, 4.69) is 15.3 Å². The van der Waals surface area contributed by atoms with Crippen LogP contribution in [-0.4, -0.2) is 29.6 Å². The van der Waals surface area contributed by atoms with E-state index in [4.69, 9.17) is 9.47 Å². The molecule has 1 aromatic carbocycles. The van der Waals surface area contributed by atoms with Gasteiger partial charge in [-0.05, 0) is 38.0 Å². The number of methoxy groups -OCH3 is 1. The van der Waals surface area contributed by atoms with Gasteiger partial charge in [-0.3, -0.25) is 9.78 Å². The van der Waals surface area contributed by atoms with E-state index >= 15 is 0 Å². The molecule has 2 aromatic rings. The monoisotopic (exact) mass is 329 g/mol. The van der Waals surface area contributed by atoms with Crippen LogP contribution in [0.15, 0.2) is 30.6 Å². The van der Waals surface area contributed by atoms with Gasteiger partial charge in [-0.25, -0.2) is 4.98 Å². The van der Waals surface area contributed by atoms with E-state index in [9.17, 15) is 4.79 Å². The molecule has 1 heterocycles. The van der Waals surface area contributed by atoms with Crippen LogP contribution in [-0.2, 0) is 0 Å². The summed E-state index contributed by atoms with van der Waals surface area (Å²) in [4.78, 5) is 20.4. The molecule has 0 unspecified atom stereocenters. The Bertz CT molecular complexity index is 686. The molecular weight excluding hydrogens is 306 g/mol. The van der Waals surface area contributed by atoms with Crippen LogP contribution < -0.4 is 14.8 Å². The highest BCUT2D eigenvalue weighted by Crippen LogP contribution is 2.30. The molecular formula is C18H23N3O3. The van der Waals surface area contributed by atoms with Gasteiger partial charge in [-0.2, -0.15) is 0 Å². The lowest BCUT2D eigenvalue weighted by atomic mass is 10.1. The zero-order chi connectivity index (χ0) is 17.5. The summed E-state index contributed by atoms with van der Waals surface area (Å²) in [7, 11) is 1.60. The normalized spacial score (nSPS) is 11.7. The number of hydrogen-bond donors (Lipinski definition) is 1. The van der Waals surface area contributed by atoms with Crippen molar-refractivity contribution in [2.24, 2.45) is 0 Å². The van der Waals surface area contributed by atoms with Gasteiger partial charge in [-0.1, -0.05) is 13.0 Å². The minimum Gasteiger partial charge on any atom is -0.493 e. The largest absolute Gasteiger partial charge is 0.493 e. The number of aryl methyl sites for hydroxylation is 1. The third-order valence-corrected chi connectivity index (χ3v) is 3.51. The number of nitrogens with zero attached hydrogens (tertiary/aromatic N) is 2. The van der Waals surface area contributed by atoms with Gasteiger partial charge in [0.1, 0.15) is 5.69 Å². The highest BCUT2D eigenvalue weighted by atomic mass is 16.5. The fourth-order valence-corrected chi connectivity index (χ4v) is 2.15. The van der Waals surface area contributed by atoms with Crippen LogP contribution in [0.1, 0.15) is 48.1 Å². The van der Waals surface area contributed by atoms with Crippen molar-refractivity contribution in [1.82, 2.24) is 15.3 Å². The fourth-order valence-electron chi connectivity index (χ4n) is 2.15. The van der Waals surface area contributed by atoms with Crippen molar-refractivity contribution < 1.29 is 14.3 Å². The van der Waals surface area contributed by atoms with Gasteiger partial charge < -0.3 is 14.8 Å². The molecule has 0 spiro atoms. The predicted molar refractivity (Wildman–Crippen MR) is 91.4 cm³/mol. The summed E-state index contributed by atoms with van der Waals surface area (Å²) in [5.41, 5.74) is 1.98. The maximum atomic E-state index is 12.2. The number of aromatic nitrogens is 2. The molecule has 0 saturated carbocycles. The Balaban J connectivity index is 2.09. The van der Waals surface area contributed by atoms with Crippen molar-refractivity contribution in [2.75, 3.05) is 13.7 Å². The first-order valence-corrected chi connectivity index (χ1v) is 7.95. The van der Waals surface area contributed by atoms with Gasteiger partial charge in [0.25, 0.3) is 5.91 Å². The second-order valence-corrected chi connectivity index (χ2v) is 5.50. The van der Waals surface area contributed by atoms with Crippen LogP contribution in [0.5, 0.6) is 11.5 Å². The third-order valence-electron chi connectivity index (χ3n) is 3.51. The minimum atomic E-state index is -0.264. The minimum absolute atomic E-state index is 0.199. The van der Waals surface area contributed by atoms with Crippen LogP contribution in [0.3, 0.4) is 0 Å². The Kier molecular flexibility index (Phi) is 6.12. The van der Waals surface area contributed by atoms with E-state index in [0.717, 1.165) is 17.7 Å². The van der Waals surface area contributed by atoms with Gasteiger partial charge in [0.15, 0.2) is 11.5 Å². The van der Waals surface area contributed by atoms with Crippen molar-refractivity contribution in [3.63, 3.8) is 0 Å². The number of rotatable bonds is 7. The highest BCUT2D eigenvalue weighted by Gasteiger charge is 2.15. The molecule has 2 rings (SSSR count). The van der Waals surface area contributed by atoms with E-state index in [1.807, 2.05) is 39.0 Å². The molecule has 128 valence electrons. The molecule has 0 aliphatic heterocycles. The van der Waals surface area contributed by atoms with Crippen molar-refractivity contribution in [3.05, 3.63) is 47.5 Å². The summed E-state index contributed by atoms with van der Waals surface area (Å²) < 4.78 is 11.0. The first-order chi connectivity index (χ1) is 11.5. The summed E-state index contributed by atoms with van der Waals surface area (Å²) >= 11 is 0. The van der Waals surface area contributed by atoms with Crippen LogP contribution >= 0.6 is 0 Å². The molecule has 0 fully saturated rings. The Hall–Kier alpha value is -2.63. The first-order valence-electron chi connectivity index (χ1n) is 7.95. The van der Waals surface area contributed by atoms with Crippen molar-refractivity contribution in [2.45, 2.75) is 33.2 Å². The summed E-state index contributed by atoms with van der Waals surface area (Å²) in [6.07, 6.45) is 3.97. The quantitative estimate of drug-likeness (QED) is 0.845. The molecule has 0 aliphatic carbocycles. The van der Waals surface area contributed by atoms with E-state index < -0.39 is 0 Å². The van der Waals surface area contributed by atoms with Gasteiger partial charge in [0, 0.05) is 6.20 Å². The fraction of sp³-hybridized carbons (Fsp3) is 0.389. The molecule has 0 radical (unpaired) electrons. The Morgan fingerprint density at radius 2 is 2.04 bits per heavy atom. The number of carbonyl (C=O) groups is 1.